The number of ether oxygens (including phenoxy) is 1. The number of nitrogens with two attached hydrogens (primary N) is 1. The highest BCUT2D eigenvalue weighted by molar-refractivity contribution is 6.31. The largest absolute Gasteiger partial charge is 0.492 e. The van der Waals surface area contributed by atoms with Crippen molar-refractivity contribution in [2.75, 3.05) is 13.2 Å². The molecule has 1 amide bonds. The number of nitrogens with zero attached hydrogens (tertiary/aromatic N) is 1. The van der Waals surface area contributed by atoms with Crippen LogP contribution in [0.2, 0.25) is 5.02 Å². The maximum Gasteiger partial charge on any atom is 0.326 e. The highest BCUT2D eigenvalue weighted by Crippen LogP contribution is 2.36. The van der Waals surface area contributed by atoms with Crippen LogP contribution in [0, 0.1) is 19.9 Å². The van der Waals surface area contributed by atoms with Crippen molar-refractivity contribution in [3.63, 3.8) is 0 Å². The molecule has 32 heavy (non-hydrogen) atoms. The number of rotatable bonds is 5. The SMILES string of the molecule is Cc1cc(C)cc(-c2c(OCCC3CCCCN3)c3c[c]c(Cl)cc3n(C(N)=O)c2=O)c1. The van der Waals surface area contributed by atoms with E-state index in [-0.39, 0.29) is 5.02 Å². The van der Waals surface area contributed by atoms with Crippen LogP contribution in [0.15, 0.2) is 35.1 Å². The Balaban J connectivity index is 1.89. The number of piperidine rings is 1. The first-order chi connectivity index (χ1) is 15.3. The smallest absolute Gasteiger partial charge is 0.326 e. The zero-order chi connectivity index (χ0) is 22.8. The van der Waals surface area contributed by atoms with E-state index in [0.717, 1.165) is 35.1 Å². The number of hydrogen-bond acceptors (Lipinski definition) is 4. The van der Waals surface area contributed by atoms with Crippen molar-refractivity contribution >= 4 is 28.5 Å². The first-order valence-corrected chi connectivity index (χ1v) is 11.3. The fourth-order valence-corrected chi connectivity index (χ4v) is 4.65. The molecular formula is C25H27ClN3O3. The highest BCUT2D eigenvalue weighted by Gasteiger charge is 2.23. The van der Waals surface area contributed by atoms with Crippen molar-refractivity contribution < 1.29 is 9.53 Å². The van der Waals surface area contributed by atoms with Gasteiger partial charge in [-0.1, -0.05) is 47.3 Å². The summed E-state index contributed by atoms with van der Waals surface area (Å²) in [6.07, 6.45) is 4.34. The molecule has 1 saturated heterocycles. The summed E-state index contributed by atoms with van der Waals surface area (Å²) >= 11 is 6.13. The maximum absolute atomic E-state index is 13.6. The third kappa shape index (κ3) is 4.52. The molecule has 2 heterocycles. The number of hydrogen-bond donors (Lipinski definition) is 2. The molecule has 1 fully saturated rings. The van der Waals surface area contributed by atoms with Gasteiger partial charge in [-0.25, -0.2) is 9.36 Å². The average Bonchev–Trinajstić information content (AvgIpc) is 2.73. The van der Waals surface area contributed by atoms with Crippen molar-refractivity contribution in [2.45, 2.75) is 45.6 Å². The van der Waals surface area contributed by atoms with Gasteiger partial charge >= 0.3 is 6.03 Å². The summed E-state index contributed by atoms with van der Waals surface area (Å²) in [7, 11) is 0. The molecule has 2 aromatic carbocycles. The van der Waals surface area contributed by atoms with Crippen molar-refractivity contribution in [1.29, 1.82) is 0 Å². The zero-order valence-electron chi connectivity index (χ0n) is 18.3. The van der Waals surface area contributed by atoms with Crippen molar-refractivity contribution in [2.24, 2.45) is 5.73 Å². The predicted molar refractivity (Wildman–Crippen MR) is 128 cm³/mol. The Morgan fingerprint density at radius 2 is 2.00 bits per heavy atom. The van der Waals surface area contributed by atoms with Gasteiger partial charge in [0.05, 0.1) is 22.7 Å². The summed E-state index contributed by atoms with van der Waals surface area (Å²) in [6, 6.07) is 11.5. The van der Waals surface area contributed by atoms with Gasteiger partial charge in [-0.2, -0.15) is 0 Å². The lowest BCUT2D eigenvalue weighted by Gasteiger charge is -2.24. The third-order valence-electron chi connectivity index (χ3n) is 5.88. The minimum Gasteiger partial charge on any atom is -0.492 e. The normalized spacial score (nSPS) is 16.3. The van der Waals surface area contributed by atoms with E-state index in [0.29, 0.717) is 40.4 Å². The molecule has 7 heteroatoms. The van der Waals surface area contributed by atoms with E-state index < -0.39 is 11.6 Å². The second-order valence-electron chi connectivity index (χ2n) is 8.42. The molecule has 1 aliphatic heterocycles. The molecule has 1 radical (unpaired) electrons. The first kappa shape index (κ1) is 22.4. The molecule has 1 atom stereocenters. The van der Waals surface area contributed by atoms with E-state index in [2.05, 4.69) is 11.4 Å². The van der Waals surface area contributed by atoms with Gasteiger partial charge in [-0.15, -0.1) is 0 Å². The molecule has 4 rings (SSSR count). The Morgan fingerprint density at radius 1 is 1.25 bits per heavy atom. The summed E-state index contributed by atoms with van der Waals surface area (Å²) in [5.41, 5.74) is 8.40. The van der Waals surface area contributed by atoms with Crippen LogP contribution in [0.4, 0.5) is 4.79 Å². The fraction of sp³-hybridized carbons (Fsp3) is 0.360. The third-order valence-corrected chi connectivity index (χ3v) is 6.10. The van der Waals surface area contributed by atoms with E-state index in [1.54, 1.807) is 6.07 Å². The van der Waals surface area contributed by atoms with Crippen LogP contribution in [0.1, 0.15) is 36.8 Å². The van der Waals surface area contributed by atoms with Gasteiger partial charge in [0.2, 0.25) is 0 Å². The Kier molecular flexibility index (Phi) is 6.53. The van der Waals surface area contributed by atoms with Crippen LogP contribution >= 0.6 is 11.6 Å². The molecule has 0 saturated carbocycles. The summed E-state index contributed by atoms with van der Waals surface area (Å²) in [6.45, 7) is 5.39. The van der Waals surface area contributed by atoms with Crippen molar-refractivity contribution in [3.05, 3.63) is 62.9 Å². The van der Waals surface area contributed by atoms with E-state index in [1.807, 2.05) is 32.0 Å². The van der Waals surface area contributed by atoms with Gasteiger partial charge in [0, 0.05) is 17.5 Å². The van der Waals surface area contributed by atoms with Crippen LogP contribution < -0.4 is 21.3 Å². The van der Waals surface area contributed by atoms with Crippen molar-refractivity contribution in [1.82, 2.24) is 9.88 Å². The number of benzene rings is 2. The monoisotopic (exact) mass is 452 g/mol. The number of fused-ring (bicyclic) bond motifs is 1. The summed E-state index contributed by atoms with van der Waals surface area (Å²) in [4.78, 5) is 25.8. The van der Waals surface area contributed by atoms with Crippen LogP contribution in [-0.2, 0) is 0 Å². The van der Waals surface area contributed by atoms with Gasteiger partial charge in [0.1, 0.15) is 5.75 Å². The molecule has 0 aliphatic carbocycles. The lowest BCUT2D eigenvalue weighted by molar-refractivity contribution is 0.250. The number of carbonyl (C=O) groups excluding carboxylic acids is 1. The molecule has 3 aromatic rings. The maximum atomic E-state index is 13.6. The van der Waals surface area contributed by atoms with Gasteiger partial charge in [0.25, 0.3) is 5.56 Å². The van der Waals surface area contributed by atoms with E-state index in [1.165, 1.54) is 18.9 Å². The van der Waals surface area contributed by atoms with Crippen LogP contribution in [0.25, 0.3) is 22.0 Å². The number of nitrogens with one attached hydrogen (secondary N) is 1. The molecular weight excluding hydrogens is 426 g/mol. The molecule has 0 bridgehead atoms. The lowest BCUT2D eigenvalue weighted by atomic mass is 9.99. The molecule has 1 unspecified atom stereocenters. The number of carbonyl (C=O) groups is 1. The number of primary amides is 1. The molecule has 1 aliphatic rings. The van der Waals surface area contributed by atoms with Gasteiger partial charge in [-0.05, 0) is 57.4 Å². The van der Waals surface area contributed by atoms with Crippen LogP contribution in [0.3, 0.4) is 0 Å². The quantitative estimate of drug-likeness (QED) is 0.593. The minimum absolute atomic E-state index is 0.281. The summed E-state index contributed by atoms with van der Waals surface area (Å²) in [5, 5.41) is 4.37. The Bertz CT molecular complexity index is 1210. The van der Waals surface area contributed by atoms with Crippen molar-refractivity contribution in [3.8, 4) is 16.9 Å². The Hall–Kier alpha value is -2.83. The zero-order valence-corrected chi connectivity index (χ0v) is 19.1. The van der Waals surface area contributed by atoms with E-state index >= 15 is 0 Å². The summed E-state index contributed by atoms with van der Waals surface area (Å²) in [5.74, 6) is 0.427. The highest BCUT2D eigenvalue weighted by atomic mass is 35.5. The molecule has 1 aromatic heterocycles. The predicted octanol–water partition coefficient (Wildman–Crippen LogP) is 4.58. The lowest BCUT2D eigenvalue weighted by Crippen LogP contribution is -2.35. The standard InChI is InChI=1S/C25H27ClN3O3/c1-15-11-16(2)13-17(12-15)22-23(32-10-8-19-5-3-4-9-28-19)20-7-6-18(26)14-21(20)29(24(22)30)25(27)31/h7,11-14,19,28H,3-5,8-10H2,1-2H3,(H2,27,31). The average molecular weight is 453 g/mol. The summed E-state index contributed by atoms with van der Waals surface area (Å²) < 4.78 is 7.23. The van der Waals surface area contributed by atoms with Gasteiger partial charge < -0.3 is 15.8 Å². The number of pyridine rings is 1. The second-order valence-corrected chi connectivity index (χ2v) is 8.83. The van der Waals surface area contributed by atoms with E-state index in [9.17, 15) is 9.59 Å². The number of aryl methyl sites for hydroxylation is 2. The minimum atomic E-state index is -0.870. The number of amides is 1. The molecule has 3 N–H and O–H groups in total. The van der Waals surface area contributed by atoms with Crippen LogP contribution in [0.5, 0.6) is 5.75 Å². The van der Waals surface area contributed by atoms with E-state index in [4.69, 9.17) is 22.1 Å². The second kappa shape index (κ2) is 9.35. The number of halogens is 1. The van der Waals surface area contributed by atoms with Crippen LogP contribution in [-0.4, -0.2) is 29.8 Å². The Labute approximate surface area is 192 Å². The fourth-order valence-electron chi connectivity index (χ4n) is 4.49. The number of aromatic nitrogens is 1. The Morgan fingerprint density at radius 3 is 2.66 bits per heavy atom. The molecule has 6 nitrogen and oxygen atoms in total. The topological polar surface area (TPSA) is 86.3 Å². The van der Waals surface area contributed by atoms with Gasteiger partial charge in [0.15, 0.2) is 0 Å². The molecule has 0 spiro atoms. The molecule has 167 valence electrons. The van der Waals surface area contributed by atoms with Gasteiger partial charge in [-0.3, -0.25) is 4.79 Å². The first-order valence-electron chi connectivity index (χ1n) is 10.9.